The summed E-state index contributed by atoms with van der Waals surface area (Å²) in [6.07, 6.45) is 4.30. The van der Waals surface area contributed by atoms with Crippen LogP contribution in [0.3, 0.4) is 0 Å². The maximum absolute atomic E-state index is 13.9. The Labute approximate surface area is 305 Å². The lowest BCUT2D eigenvalue weighted by molar-refractivity contribution is -0.134. The van der Waals surface area contributed by atoms with Gasteiger partial charge in [-0.3, -0.25) is 14.6 Å². The molecule has 0 fully saturated rings. The summed E-state index contributed by atoms with van der Waals surface area (Å²) in [5.41, 5.74) is 5.11. The predicted molar refractivity (Wildman–Crippen MR) is 201 cm³/mol. The Morgan fingerprint density at radius 3 is 2.33 bits per heavy atom. The Bertz CT molecular complexity index is 1450. The minimum Gasteiger partial charge on any atom is -0.493 e. The smallest absolute Gasteiger partial charge is 0.243 e. The quantitative estimate of drug-likeness (QED) is 0.0932. The third kappa shape index (κ3) is 14.4. The molecule has 0 aliphatic rings. The summed E-state index contributed by atoms with van der Waals surface area (Å²) in [6.45, 7) is 14.5. The molecule has 0 saturated heterocycles. The summed E-state index contributed by atoms with van der Waals surface area (Å²) in [5.74, 6) is -0.347. The second kappa shape index (κ2) is 22.2. The van der Waals surface area contributed by atoms with E-state index < -0.39 is 24.1 Å². The van der Waals surface area contributed by atoms with Gasteiger partial charge >= 0.3 is 0 Å². The summed E-state index contributed by atoms with van der Waals surface area (Å²) in [6, 6.07) is 16.7. The van der Waals surface area contributed by atoms with Crippen LogP contribution in [-0.2, 0) is 38.8 Å². The molecular formula is C41H60N4O6. The van der Waals surface area contributed by atoms with Crippen molar-refractivity contribution in [2.45, 2.75) is 98.7 Å². The molecular weight excluding hydrogens is 644 g/mol. The predicted octanol–water partition coefficient (Wildman–Crippen LogP) is 5.66. The molecule has 3 rings (SSSR count). The van der Waals surface area contributed by atoms with Gasteiger partial charge in [-0.15, -0.1) is 0 Å². The zero-order chi connectivity index (χ0) is 37.2. The molecule has 1 aromatic heterocycles. The largest absolute Gasteiger partial charge is 0.493 e. The Kier molecular flexibility index (Phi) is 18.1. The summed E-state index contributed by atoms with van der Waals surface area (Å²) in [7, 11) is 1.68. The van der Waals surface area contributed by atoms with Gasteiger partial charge in [0.2, 0.25) is 11.8 Å². The van der Waals surface area contributed by atoms with Gasteiger partial charge in [0, 0.05) is 51.5 Å². The lowest BCUT2D eigenvalue weighted by atomic mass is 9.86. The number of hydrogen-bond donors (Lipinski definition) is 4. The van der Waals surface area contributed by atoms with Crippen LogP contribution in [0.2, 0.25) is 0 Å². The first-order valence-electron chi connectivity index (χ1n) is 18.2. The van der Waals surface area contributed by atoms with Crippen molar-refractivity contribution in [1.82, 2.24) is 20.9 Å². The van der Waals surface area contributed by atoms with E-state index >= 15 is 0 Å². The normalized spacial score (nSPS) is 14.4. The Morgan fingerprint density at radius 1 is 0.922 bits per heavy atom. The first-order chi connectivity index (χ1) is 24.5. The van der Waals surface area contributed by atoms with Gasteiger partial charge in [-0.2, -0.15) is 0 Å². The molecule has 10 nitrogen and oxygen atoms in total. The van der Waals surface area contributed by atoms with E-state index in [-0.39, 0.29) is 36.7 Å². The highest BCUT2D eigenvalue weighted by Crippen LogP contribution is 2.23. The molecule has 0 radical (unpaired) electrons. The topological polar surface area (TPSA) is 131 Å². The minimum atomic E-state index is -0.907. The first kappa shape index (κ1) is 41.6. The van der Waals surface area contributed by atoms with Gasteiger partial charge in [-0.25, -0.2) is 0 Å². The van der Waals surface area contributed by atoms with Crippen molar-refractivity contribution in [2.75, 3.05) is 26.9 Å². The highest BCUT2D eigenvalue weighted by molar-refractivity contribution is 5.88. The number of nitrogens with one attached hydrogen (secondary N) is 3. The molecule has 0 spiro atoms. The zero-order valence-electron chi connectivity index (χ0n) is 31.6. The van der Waals surface area contributed by atoms with Crippen LogP contribution in [0.15, 0.2) is 67.0 Å². The maximum atomic E-state index is 13.9. The van der Waals surface area contributed by atoms with E-state index in [4.69, 9.17) is 14.2 Å². The minimum absolute atomic E-state index is 0.0787. The number of nitrogens with zero attached hydrogens (tertiary/aromatic N) is 1. The van der Waals surface area contributed by atoms with Crippen LogP contribution in [-0.4, -0.2) is 67.0 Å². The van der Waals surface area contributed by atoms with Crippen molar-refractivity contribution in [3.63, 3.8) is 0 Å². The number of aliphatic hydroxyl groups is 1. The van der Waals surface area contributed by atoms with Crippen molar-refractivity contribution in [3.05, 3.63) is 94.8 Å². The second-order valence-corrected chi connectivity index (χ2v) is 13.9. The van der Waals surface area contributed by atoms with Gasteiger partial charge in [0.05, 0.1) is 32.0 Å². The number of rotatable bonds is 23. The molecule has 4 N–H and O–H groups in total. The second-order valence-electron chi connectivity index (χ2n) is 13.9. The fourth-order valence-corrected chi connectivity index (χ4v) is 5.71. The Balaban J connectivity index is 1.68. The molecule has 51 heavy (non-hydrogen) atoms. The monoisotopic (exact) mass is 704 g/mol. The molecule has 0 bridgehead atoms. The number of methoxy groups -OCH3 is 1. The van der Waals surface area contributed by atoms with Gasteiger partial charge in [0.25, 0.3) is 0 Å². The third-order valence-corrected chi connectivity index (χ3v) is 9.34. The molecule has 10 heteroatoms. The molecule has 0 aliphatic heterocycles. The van der Waals surface area contributed by atoms with Gasteiger partial charge in [0.15, 0.2) is 0 Å². The summed E-state index contributed by atoms with van der Waals surface area (Å²) < 4.78 is 17.3. The van der Waals surface area contributed by atoms with Crippen molar-refractivity contribution >= 4 is 11.8 Å². The molecule has 280 valence electrons. The number of aryl methyl sites for hydroxylation is 2. The average Bonchev–Trinajstić information content (AvgIpc) is 3.13. The van der Waals surface area contributed by atoms with E-state index in [1.54, 1.807) is 19.5 Å². The Hall–Kier alpha value is -3.83. The molecule has 3 aromatic rings. The van der Waals surface area contributed by atoms with Gasteiger partial charge < -0.3 is 35.3 Å². The van der Waals surface area contributed by atoms with E-state index in [0.29, 0.717) is 32.9 Å². The van der Waals surface area contributed by atoms with Crippen LogP contribution in [0.4, 0.5) is 0 Å². The van der Waals surface area contributed by atoms with Gasteiger partial charge in [-0.1, -0.05) is 82.1 Å². The average molecular weight is 705 g/mol. The van der Waals surface area contributed by atoms with Crippen molar-refractivity contribution in [1.29, 1.82) is 0 Å². The number of aromatic nitrogens is 1. The summed E-state index contributed by atoms with van der Waals surface area (Å²) in [5, 5.41) is 21.2. The number of pyridine rings is 1. The van der Waals surface area contributed by atoms with Gasteiger partial charge in [-0.05, 0) is 66.5 Å². The van der Waals surface area contributed by atoms with Crippen LogP contribution in [0, 0.1) is 31.6 Å². The molecule has 2 amide bonds. The van der Waals surface area contributed by atoms with E-state index in [1.807, 2.05) is 96.1 Å². The van der Waals surface area contributed by atoms with Crippen molar-refractivity contribution in [3.8, 4) is 5.75 Å². The SMILES string of the molecule is CC[C@H](C)[C@H](NC(=O)[C@@H](C[C@H](O)[C@H](COCc1ccc(C)c(OCCCOC)c1)NCc1cccnc1)C(C)C)C(=O)NCc1ccc(C)cc1. The summed E-state index contributed by atoms with van der Waals surface area (Å²) in [4.78, 5) is 31.5. The lowest BCUT2D eigenvalue weighted by Gasteiger charge is -2.31. The van der Waals surface area contributed by atoms with Crippen LogP contribution in [0.5, 0.6) is 5.75 Å². The van der Waals surface area contributed by atoms with E-state index in [1.165, 1.54) is 0 Å². The molecule has 5 atom stereocenters. The van der Waals surface area contributed by atoms with Crippen molar-refractivity contribution < 1.29 is 28.9 Å². The first-order valence-corrected chi connectivity index (χ1v) is 18.2. The standard InChI is InChI=1S/C41H60N4O6/c1-8-30(5)39(41(48)44-24-32-15-12-29(4)13-16-32)45-40(47)35(28(2)3)22-37(46)36(43-25-34-11-9-18-42-23-34)27-50-26-33-17-14-31(6)38(21-33)51-20-10-19-49-7/h9,11-18,21,23,28,30,35-37,39,43,46H,8,10,19-20,22,24-27H2,1-7H3,(H,44,48)(H,45,47)/t30-,35-,36-,37-,39-/m0/s1. The number of carbonyl (C=O) groups is 2. The maximum Gasteiger partial charge on any atom is 0.243 e. The van der Waals surface area contributed by atoms with Crippen LogP contribution >= 0.6 is 0 Å². The van der Waals surface area contributed by atoms with Crippen molar-refractivity contribution in [2.24, 2.45) is 17.8 Å². The molecule has 1 heterocycles. The van der Waals surface area contributed by atoms with Crippen LogP contribution in [0.1, 0.15) is 74.8 Å². The number of amides is 2. The van der Waals surface area contributed by atoms with Crippen LogP contribution < -0.4 is 20.7 Å². The third-order valence-electron chi connectivity index (χ3n) is 9.34. The molecule has 0 aliphatic carbocycles. The summed E-state index contributed by atoms with van der Waals surface area (Å²) >= 11 is 0. The highest BCUT2D eigenvalue weighted by atomic mass is 16.5. The number of benzene rings is 2. The molecule has 0 saturated carbocycles. The number of hydrogen-bond acceptors (Lipinski definition) is 8. The van der Waals surface area contributed by atoms with E-state index in [2.05, 4.69) is 20.9 Å². The van der Waals surface area contributed by atoms with E-state index in [0.717, 1.165) is 46.4 Å². The zero-order valence-corrected chi connectivity index (χ0v) is 31.6. The van der Waals surface area contributed by atoms with Crippen LogP contribution in [0.25, 0.3) is 0 Å². The fraction of sp³-hybridized carbons (Fsp3) is 0.537. The Morgan fingerprint density at radius 2 is 1.67 bits per heavy atom. The lowest BCUT2D eigenvalue weighted by Crippen LogP contribution is -2.53. The van der Waals surface area contributed by atoms with Gasteiger partial charge in [0.1, 0.15) is 11.8 Å². The van der Waals surface area contributed by atoms with E-state index in [9.17, 15) is 14.7 Å². The fourth-order valence-electron chi connectivity index (χ4n) is 5.71. The number of ether oxygens (including phenoxy) is 3. The molecule has 0 unspecified atom stereocenters. The highest BCUT2D eigenvalue weighted by Gasteiger charge is 2.33. The number of aliphatic hydroxyl groups excluding tert-OH is 1. The molecule has 2 aromatic carbocycles. The number of carbonyl (C=O) groups excluding carboxylic acids is 2.